The third-order valence-electron chi connectivity index (χ3n) is 3.72. The molecule has 4 heteroatoms. The number of nitrogens with zero attached hydrogens (tertiary/aromatic N) is 1. The minimum Gasteiger partial charge on any atom is -0.348 e. The summed E-state index contributed by atoms with van der Waals surface area (Å²) in [7, 11) is 0. The van der Waals surface area contributed by atoms with Crippen LogP contribution in [-0.2, 0) is 6.54 Å². The number of rotatable bonds is 4. The van der Waals surface area contributed by atoms with Crippen LogP contribution in [0, 0.1) is 12.7 Å². The number of amides is 1. The lowest BCUT2D eigenvalue weighted by atomic mass is 10.1. The second-order valence-electron chi connectivity index (χ2n) is 5.40. The largest absolute Gasteiger partial charge is 0.348 e. The highest BCUT2D eigenvalue weighted by atomic mass is 19.1. The number of aryl methyl sites for hydroxylation is 1. The smallest absolute Gasteiger partial charge is 0.251 e. The minimum atomic E-state index is -0.257. The zero-order chi connectivity index (χ0) is 16.2. The highest BCUT2D eigenvalue weighted by Crippen LogP contribution is 2.11. The average molecular weight is 308 g/mol. The third kappa shape index (κ3) is 3.48. The molecule has 1 amide bonds. The summed E-state index contributed by atoms with van der Waals surface area (Å²) in [5.41, 5.74) is 2.91. The molecular weight excluding hydrogens is 291 g/mol. The predicted octanol–water partition coefficient (Wildman–Crippen LogP) is 3.85. The molecule has 3 rings (SSSR count). The summed E-state index contributed by atoms with van der Waals surface area (Å²) in [6.45, 7) is 2.01. The van der Waals surface area contributed by atoms with Crippen molar-refractivity contribution in [2.24, 2.45) is 0 Å². The number of halogens is 1. The summed E-state index contributed by atoms with van der Waals surface area (Å²) in [4.78, 5) is 12.2. The summed E-state index contributed by atoms with van der Waals surface area (Å²) < 4.78 is 15.5. The number of nitrogens with one attached hydrogen (secondary N) is 1. The van der Waals surface area contributed by atoms with Gasteiger partial charge in [-0.1, -0.05) is 12.1 Å². The van der Waals surface area contributed by atoms with Crippen molar-refractivity contribution in [2.75, 3.05) is 0 Å². The molecule has 1 aromatic heterocycles. The van der Waals surface area contributed by atoms with Crippen LogP contribution in [0.1, 0.15) is 21.5 Å². The molecule has 3 nitrogen and oxygen atoms in total. The SMILES string of the molecule is Cc1ccc(CNC(=O)c2ccc(-n3cccc3)cc2)cc1F. The molecule has 0 unspecified atom stereocenters. The van der Waals surface area contributed by atoms with Gasteiger partial charge in [0.25, 0.3) is 5.91 Å². The summed E-state index contributed by atoms with van der Waals surface area (Å²) >= 11 is 0. The number of benzene rings is 2. The molecule has 2 aromatic carbocycles. The fourth-order valence-corrected chi connectivity index (χ4v) is 2.32. The van der Waals surface area contributed by atoms with Crippen molar-refractivity contribution in [3.05, 3.63) is 89.5 Å². The normalized spacial score (nSPS) is 10.5. The molecular formula is C19H17FN2O. The Labute approximate surface area is 134 Å². The number of carbonyl (C=O) groups is 1. The lowest BCUT2D eigenvalue weighted by Crippen LogP contribution is -2.22. The molecule has 0 spiro atoms. The summed E-state index contributed by atoms with van der Waals surface area (Å²) in [6, 6.07) is 16.2. The number of carbonyl (C=O) groups excluding carboxylic acids is 1. The highest BCUT2D eigenvalue weighted by Gasteiger charge is 2.06. The van der Waals surface area contributed by atoms with Gasteiger partial charge in [0.15, 0.2) is 0 Å². The van der Waals surface area contributed by atoms with E-state index in [2.05, 4.69) is 5.32 Å². The molecule has 0 bridgehead atoms. The molecule has 3 aromatic rings. The number of hydrogen-bond donors (Lipinski definition) is 1. The monoisotopic (exact) mass is 308 g/mol. The predicted molar refractivity (Wildman–Crippen MR) is 88.1 cm³/mol. The standard InChI is InChI=1S/C19H17FN2O/c1-14-4-5-15(12-18(14)20)13-21-19(23)16-6-8-17(9-7-16)22-10-2-3-11-22/h2-12H,13H2,1H3,(H,21,23). The van der Waals surface area contributed by atoms with Gasteiger partial charge in [-0.05, 0) is 60.5 Å². The second-order valence-corrected chi connectivity index (χ2v) is 5.40. The van der Waals surface area contributed by atoms with Crippen molar-refractivity contribution in [1.29, 1.82) is 0 Å². The summed E-state index contributed by atoms with van der Waals surface area (Å²) in [5, 5.41) is 2.80. The van der Waals surface area contributed by atoms with E-state index in [1.165, 1.54) is 6.07 Å². The first-order valence-electron chi connectivity index (χ1n) is 7.40. The molecule has 116 valence electrons. The molecule has 23 heavy (non-hydrogen) atoms. The van der Waals surface area contributed by atoms with Crippen molar-refractivity contribution in [2.45, 2.75) is 13.5 Å². The van der Waals surface area contributed by atoms with Crippen molar-refractivity contribution < 1.29 is 9.18 Å². The van der Waals surface area contributed by atoms with Gasteiger partial charge in [-0.2, -0.15) is 0 Å². The number of aromatic nitrogens is 1. The Morgan fingerprint density at radius 1 is 1.09 bits per heavy atom. The first-order chi connectivity index (χ1) is 11.1. The molecule has 0 saturated heterocycles. The van der Waals surface area contributed by atoms with Gasteiger partial charge in [-0.15, -0.1) is 0 Å². The van der Waals surface area contributed by atoms with Gasteiger partial charge >= 0.3 is 0 Å². The Hall–Kier alpha value is -2.88. The third-order valence-corrected chi connectivity index (χ3v) is 3.72. The van der Waals surface area contributed by atoms with E-state index in [0.29, 0.717) is 17.7 Å². The topological polar surface area (TPSA) is 34.0 Å². The van der Waals surface area contributed by atoms with Crippen LogP contribution in [0.5, 0.6) is 0 Å². The zero-order valence-electron chi connectivity index (χ0n) is 12.8. The zero-order valence-corrected chi connectivity index (χ0v) is 12.8. The van der Waals surface area contributed by atoms with Crippen LogP contribution in [0.2, 0.25) is 0 Å². The van der Waals surface area contributed by atoms with Crippen LogP contribution in [0.3, 0.4) is 0 Å². The van der Waals surface area contributed by atoms with E-state index in [1.807, 2.05) is 47.3 Å². The fraction of sp³-hybridized carbons (Fsp3) is 0.105. The van der Waals surface area contributed by atoms with E-state index >= 15 is 0 Å². The molecule has 0 radical (unpaired) electrons. The molecule has 0 aliphatic rings. The van der Waals surface area contributed by atoms with Crippen LogP contribution in [0.25, 0.3) is 5.69 Å². The Bertz CT molecular complexity index is 808. The molecule has 1 N–H and O–H groups in total. The maximum Gasteiger partial charge on any atom is 0.251 e. The molecule has 0 saturated carbocycles. The Balaban J connectivity index is 1.65. The lowest BCUT2D eigenvalue weighted by molar-refractivity contribution is 0.0951. The van der Waals surface area contributed by atoms with E-state index < -0.39 is 0 Å². The average Bonchev–Trinajstić information content (AvgIpc) is 3.10. The van der Waals surface area contributed by atoms with Gasteiger partial charge in [-0.3, -0.25) is 4.79 Å². The van der Waals surface area contributed by atoms with Gasteiger partial charge in [0.05, 0.1) is 0 Å². The summed E-state index contributed by atoms with van der Waals surface area (Å²) in [6.07, 6.45) is 3.89. The second kappa shape index (κ2) is 6.48. The van der Waals surface area contributed by atoms with Crippen molar-refractivity contribution in [1.82, 2.24) is 9.88 Å². The Kier molecular flexibility index (Phi) is 4.24. The lowest BCUT2D eigenvalue weighted by Gasteiger charge is -2.08. The van der Waals surface area contributed by atoms with Crippen LogP contribution in [0.15, 0.2) is 67.0 Å². The van der Waals surface area contributed by atoms with E-state index in [1.54, 1.807) is 25.1 Å². The molecule has 0 aliphatic carbocycles. The molecule has 0 aliphatic heterocycles. The highest BCUT2D eigenvalue weighted by molar-refractivity contribution is 5.94. The van der Waals surface area contributed by atoms with E-state index in [0.717, 1.165) is 11.3 Å². The maximum absolute atomic E-state index is 13.5. The Morgan fingerprint density at radius 2 is 1.78 bits per heavy atom. The van der Waals surface area contributed by atoms with Gasteiger partial charge < -0.3 is 9.88 Å². The first kappa shape index (κ1) is 15.0. The quantitative estimate of drug-likeness (QED) is 0.780. The van der Waals surface area contributed by atoms with Crippen molar-refractivity contribution in [3.8, 4) is 5.69 Å². The summed E-state index contributed by atoms with van der Waals surface area (Å²) in [5.74, 6) is -0.433. The molecule has 0 atom stereocenters. The molecule has 1 heterocycles. The fourth-order valence-electron chi connectivity index (χ4n) is 2.32. The molecule has 0 fully saturated rings. The van der Waals surface area contributed by atoms with Crippen molar-refractivity contribution in [3.63, 3.8) is 0 Å². The van der Waals surface area contributed by atoms with Crippen LogP contribution in [-0.4, -0.2) is 10.5 Å². The van der Waals surface area contributed by atoms with E-state index in [9.17, 15) is 9.18 Å². The Morgan fingerprint density at radius 3 is 2.43 bits per heavy atom. The van der Waals surface area contributed by atoms with Gasteiger partial charge in [-0.25, -0.2) is 4.39 Å². The van der Waals surface area contributed by atoms with E-state index in [4.69, 9.17) is 0 Å². The maximum atomic E-state index is 13.5. The van der Waals surface area contributed by atoms with Gasteiger partial charge in [0.1, 0.15) is 5.82 Å². The van der Waals surface area contributed by atoms with Crippen LogP contribution in [0.4, 0.5) is 4.39 Å². The van der Waals surface area contributed by atoms with E-state index in [-0.39, 0.29) is 11.7 Å². The van der Waals surface area contributed by atoms with Gasteiger partial charge in [0.2, 0.25) is 0 Å². The van der Waals surface area contributed by atoms with Crippen LogP contribution < -0.4 is 5.32 Å². The minimum absolute atomic E-state index is 0.176. The van der Waals surface area contributed by atoms with Crippen molar-refractivity contribution >= 4 is 5.91 Å². The first-order valence-corrected chi connectivity index (χ1v) is 7.40. The van der Waals surface area contributed by atoms with Gasteiger partial charge in [0, 0.05) is 30.2 Å². The number of hydrogen-bond acceptors (Lipinski definition) is 1. The van der Waals surface area contributed by atoms with Crippen LogP contribution >= 0.6 is 0 Å².